The van der Waals surface area contributed by atoms with Gasteiger partial charge in [0.2, 0.25) is 0 Å². The molecule has 0 saturated carbocycles. The summed E-state index contributed by atoms with van der Waals surface area (Å²) in [6, 6.07) is 12.4. The molecule has 0 heterocycles. The first-order valence-corrected chi connectivity index (χ1v) is 10.2. The Kier molecular flexibility index (Phi) is 8.17. The molecular weight excluding hydrogens is 376 g/mol. The second kappa shape index (κ2) is 10.1. The molecule has 28 heavy (non-hydrogen) atoms. The summed E-state index contributed by atoms with van der Waals surface area (Å²) in [4.78, 5) is 0. The summed E-state index contributed by atoms with van der Waals surface area (Å²) in [7, 11) is 0. The molecule has 2 rings (SSSR count). The molecule has 0 aliphatic carbocycles. The first-order chi connectivity index (χ1) is 13.3. The largest absolute Gasteiger partial charge is 0.493 e. The van der Waals surface area contributed by atoms with Crippen LogP contribution in [0.2, 0.25) is 0 Å². The third-order valence-electron chi connectivity index (χ3n) is 4.96. The number of benzene rings is 2. The van der Waals surface area contributed by atoms with Crippen LogP contribution in [0, 0.1) is 13.8 Å². The van der Waals surface area contributed by atoms with Crippen molar-refractivity contribution in [3.05, 3.63) is 58.7 Å². The van der Waals surface area contributed by atoms with Crippen molar-refractivity contribution in [1.29, 1.82) is 0 Å². The summed E-state index contributed by atoms with van der Waals surface area (Å²) in [5, 5.41) is 18.5. The lowest BCUT2D eigenvalue weighted by Crippen LogP contribution is -2.21. The number of hydrogen-bond donors (Lipinski definition) is 2. The number of rotatable bonds is 10. The van der Waals surface area contributed by atoms with Crippen LogP contribution in [0.5, 0.6) is 11.5 Å². The van der Waals surface area contributed by atoms with Crippen molar-refractivity contribution in [2.24, 2.45) is 0 Å². The quantitative estimate of drug-likeness (QED) is 0.454. The third-order valence-corrected chi connectivity index (χ3v) is 5.32. The minimum Gasteiger partial charge on any atom is -0.493 e. The van der Waals surface area contributed by atoms with Gasteiger partial charge in [-0.25, -0.2) is 0 Å². The summed E-state index contributed by atoms with van der Waals surface area (Å²) in [6.45, 7) is 9.27. The predicted octanol–water partition coefficient (Wildman–Crippen LogP) is 4.37. The fourth-order valence-corrected chi connectivity index (χ4v) is 3.13. The number of halogens is 1. The molecule has 4 nitrogen and oxygen atoms in total. The van der Waals surface area contributed by atoms with Crippen LogP contribution in [-0.2, 0) is 5.41 Å². The van der Waals surface area contributed by atoms with E-state index < -0.39 is 6.10 Å². The summed E-state index contributed by atoms with van der Waals surface area (Å²) in [5.74, 6) is 1.77. The molecule has 0 spiro atoms. The van der Waals surface area contributed by atoms with Crippen molar-refractivity contribution in [2.45, 2.75) is 45.6 Å². The maximum absolute atomic E-state index is 9.58. The van der Waals surface area contributed by atoms with E-state index in [0.29, 0.717) is 13.0 Å². The van der Waals surface area contributed by atoms with E-state index in [2.05, 4.69) is 38.1 Å². The zero-order valence-corrected chi connectivity index (χ0v) is 17.9. The molecule has 2 aromatic rings. The molecule has 154 valence electrons. The summed E-state index contributed by atoms with van der Waals surface area (Å²) < 4.78 is 11.4. The van der Waals surface area contributed by atoms with Gasteiger partial charge in [0.05, 0.1) is 12.5 Å². The number of hydrogen-bond acceptors (Lipinski definition) is 4. The zero-order chi connectivity index (χ0) is 20.7. The highest BCUT2D eigenvalue weighted by Gasteiger charge is 2.24. The van der Waals surface area contributed by atoms with Crippen molar-refractivity contribution in [2.75, 3.05) is 25.7 Å². The Balaban J connectivity index is 2.19. The van der Waals surface area contributed by atoms with Crippen molar-refractivity contribution >= 4 is 11.6 Å². The lowest BCUT2D eigenvalue weighted by Gasteiger charge is -2.28. The van der Waals surface area contributed by atoms with Gasteiger partial charge in [0.25, 0.3) is 0 Å². The van der Waals surface area contributed by atoms with Crippen LogP contribution in [0.3, 0.4) is 0 Å². The molecule has 1 atom stereocenters. The highest BCUT2D eigenvalue weighted by Crippen LogP contribution is 2.35. The Labute approximate surface area is 173 Å². The van der Waals surface area contributed by atoms with E-state index >= 15 is 0 Å². The smallest absolute Gasteiger partial charge is 0.122 e. The Hall–Kier alpha value is -1.75. The Morgan fingerprint density at radius 3 is 1.96 bits per heavy atom. The van der Waals surface area contributed by atoms with E-state index in [1.54, 1.807) is 0 Å². The third kappa shape index (κ3) is 5.63. The van der Waals surface area contributed by atoms with Crippen LogP contribution in [0.1, 0.15) is 42.5 Å². The van der Waals surface area contributed by atoms with Crippen LogP contribution in [0.4, 0.5) is 0 Å². The van der Waals surface area contributed by atoms with Crippen molar-refractivity contribution in [1.82, 2.24) is 0 Å². The van der Waals surface area contributed by atoms with E-state index in [1.807, 2.05) is 26.0 Å². The van der Waals surface area contributed by atoms with Gasteiger partial charge in [-0.15, -0.1) is 11.6 Å². The molecule has 0 fully saturated rings. The molecule has 5 heteroatoms. The van der Waals surface area contributed by atoms with Crippen LogP contribution in [0.25, 0.3) is 0 Å². The molecule has 0 aliphatic rings. The SMILES string of the molecule is Cc1cc(C(C)(C)c2ccc(OCC(O)CCl)c(C)c2)ccc1OCCCO. The van der Waals surface area contributed by atoms with E-state index in [9.17, 15) is 5.11 Å². The van der Waals surface area contributed by atoms with Gasteiger partial charge in [0.1, 0.15) is 24.2 Å². The van der Waals surface area contributed by atoms with E-state index in [-0.39, 0.29) is 24.5 Å². The molecule has 2 N–H and O–H groups in total. The summed E-state index contributed by atoms with van der Waals surface area (Å²) in [6.07, 6.45) is -0.0410. The molecule has 0 saturated heterocycles. The molecular formula is C23H31ClO4. The van der Waals surface area contributed by atoms with E-state index in [4.69, 9.17) is 26.2 Å². The Morgan fingerprint density at radius 2 is 1.50 bits per heavy atom. The molecule has 0 aliphatic heterocycles. The number of ether oxygens (including phenoxy) is 2. The first kappa shape index (κ1) is 22.5. The lowest BCUT2D eigenvalue weighted by molar-refractivity contribution is 0.125. The standard InChI is InChI=1S/C23H31ClO4/c1-16-12-18(6-8-21(16)27-11-5-10-25)23(3,4)19-7-9-22(17(2)13-19)28-15-20(26)14-24/h6-9,12-13,20,25-26H,5,10-11,14-15H2,1-4H3. The van der Waals surface area contributed by atoms with Gasteiger partial charge in [0.15, 0.2) is 0 Å². The average molecular weight is 407 g/mol. The highest BCUT2D eigenvalue weighted by molar-refractivity contribution is 6.18. The molecule has 0 bridgehead atoms. The molecule has 1 unspecified atom stereocenters. The number of aliphatic hydroxyl groups excluding tert-OH is 2. The van der Waals surface area contributed by atoms with Crippen LogP contribution < -0.4 is 9.47 Å². The van der Waals surface area contributed by atoms with Gasteiger partial charge in [0, 0.05) is 18.4 Å². The highest BCUT2D eigenvalue weighted by atomic mass is 35.5. The topological polar surface area (TPSA) is 58.9 Å². The monoisotopic (exact) mass is 406 g/mol. The first-order valence-electron chi connectivity index (χ1n) is 9.62. The van der Waals surface area contributed by atoms with Gasteiger partial charge < -0.3 is 19.7 Å². The van der Waals surface area contributed by atoms with Crippen molar-refractivity contribution in [3.8, 4) is 11.5 Å². The van der Waals surface area contributed by atoms with Crippen LogP contribution in [-0.4, -0.2) is 42.0 Å². The van der Waals surface area contributed by atoms with Crippen molar-refractivity contribution in [3.63, 3.8) is 0 Å². The maximum Gasteiger partial charge on any atom is 0.122 e. The second-order valence-corrected chi connectivity index (χ2v) is 7.94. The normalized spacial score (nSPS) is 12.7. The van der Waals surface area contributed by atoms with Gasteiger partial charge in [-0.1, -0.05) is 38.1 Å². The van der Waals surface area contributed by atoms with Crippen LogP contribution in [0.15, 0.2) is 36.4 Å². The van der Waals surface area contributed by atoms with Gasteiger partial charge in [-0.3, -0.25) is 0 Å². The van der Waals surface area contributed by atoms with Gasteiger partial charge >= 0.3 is 0 Å². The van der Waals surface area contributed by atoms with E-state index in [0.717, 1.165) is 22.6 Å². The Bertz CT molecular complexity index is 773. The summed E-state index contributed by atoms with van der Waals surface area (Å²) >= 11 is 5.62. The lowest BCUT2D eigenvalue weighted by atomic mass is 9.77. The zero-order valence-electron chi connectivity index (χ0n) is 17.2. The Morgan fingerprint density at radius 1 is 0.964 bits per heavy atom. The fourth-order valence-electron chi connectivity index (χ4n) is 3.04. The minimum atomic E-state index is -0.668. The number of aryl methyl sites for hydroxylation is 2. The fraction of sp³-hybridized carbons (Fsp3) is 0.478. The number of alkyl halides is 1. The maximum atomic E-state index is 9.58. The molecule has 2 aromatic carbocycles. The minimum absolute atomic E-state index is 0.133. The summed E-state index contributed by atoms with van der Waals surface area (Å²) in [5.41, 5.74) is 4.30. The average Bonchev–Trinajstić information content (AvgIpc) is 2.67. The number of aliphatic hydroxyl groups is 2. The van der Waals surface area contributed by atoms with Gasteiger partial charge in [-0.05, 0) is 48.2 Å². The molecule has 0 aromatic heterocycles. The molecule has 0 radical (unpaired) electrons. The predicted molar refractivity (Wildman–Crippen MR) is 114 cm³/mol. The second-order valence-electron chi connectivity index (χ2n) is 7.63. The van der Waals surface area contributed by atoms with Gasteiger partial charge in [-0.2, -0.15) is 0 Å². The van der Waals surface area contributed by atoms with Crippen LogP contribution >= 0.6 is 11.6 Å². The van der Waals surface area contributed by atoms with Crippen molar-refractivity contribution < 1.29 is 19.7 Å². The van der Waals surface area contributed by atoms with E-state index in [1.165, 1.54) is 11.1 Å². The molecule has 0 amide bonds.